The van der Waals surface area contributed by atoms with E-state index in [4.69, 9.17) is 11.6 Å². The number of rotatable bonds is 2. The SMILES string of the molecule is Cc1c(Cl)cccc1N=C1NC(=O)/C(=C\c2ccc(C(C)(C)C)cc2)S1. The fourth-order valence-electron chi connectivity index (χ4n) is 2.54. The van der Waals surface area contributed by atoms with Gasteiger partial charge in [-0.2, -0.15) is 0 Å². The molecule has 0 saturated carbocycles. The van der Waals surface area contributed by atoms with Crippen LogP contribution in [0.3, 0.4) is 0 Å². The molecule has 1 aliphatic heterocycles. The van der Waals surface area contributed by atoms with Gasteiger partial charge in [-0.3, -0.25) is 4.79 Å². The summed E-state index contributed by atoms with van der Waals surface area (Å²) in [5.74, 6) is -0.131. The van der Waals surface area contributed by atoms with Crippen molar-refractivity contribution >= 4 is 46.2 Å². The molecular formula is C21H21ClN2OS. The van der Waals surface area contributed by atoms with Crippen molar-refractivity contribution < 1.29 is 4.79 Å². The van der Waals surface area contributed by atoms with Crippen molar-refractivity contribution in [3.63, 3.8) is 0 Å². The van der Waals surface area contributed by atoms with Crippen molar-refractivity contribution in [2.45, 2.75) is 33.1 Å². The third-order valence-electron chi connectivity index (χ3n) is 4.19. The van der Waals surface area contributed by atoms with Crippen LogP contribution in [0.1, 0.15) is 37.5 Å². The van der Waals surface area contributed by atoms with Gasteiger partial charge >= 0.3 is 0 Å². The maximum absolute atomic E-state index is 12.3. The van der Waals surface area contributed by atoms with Crippen LogP contribution < -0.4 is 5.32 Å². The standard InChI is InChI=1S/C21H21ClN2OS/c1-13-16(22)6-5-7-17(13)23-20-24-19(25)18(26-20)12-14-8-10-15(11-9-14)21(2,3)4/h5-12H,1-4H3,(H,23,24,25)/b18-12+. The van der Waals surface area contributed by atoms with Gasteiger partial charge in [-0.1, -0.05) is 62.7 Å². The first-order chi connectivity index (χ1) is 12.2. The number of carbonyl (C=O) groups excluding carboxylic acids is 1. The van der Waals surface area contributed by atoms with Gasteiger partial charge in [0.25, 0.3) is 5.91 Å². The predicted molar refractivity (Wildman–Crippen MR) is 112 cm³/mol. The second-order valence-corrected chi connectivity index (χ2v) is 8.68. The number of halogens is 1. The lowest BCUT2D eigenvalue weighted by atomic mass is 9.87. The molecule has 1 amide bonds. The van der Waals surface area contributed by atoms with Gasteiger partial charge in [-0.05, 0) is 59.0 Å². The third-order valence-corrected chi connectivity index (χ3v) is 5.51. The summed E-state index contributed by atoms with van der Waals surface area (Å²) < 4.78 is 0. The summed E-state index contributed by atoms with van der Waals surface area (Å²) in [6.45, 7) is 8.46. The van der Waals surface area contributed by atoms with E-state index >= 15 is 0 Å². The Kier molecular flexibility index (Phi) is 5.26. The molecule has 0 spiro atoms. The highest BCUT2D eigenvalue weighted by Gasteiger charge is 2.24. The monoisotopic (exact) mass is 384 g/mol. The highest BCUT2D eigenvalue weighted by atomic mass is 35.5. The van der Waals surface area contributed by atoms with E-state index in [1.807, 2.05) is 43.3 Å². The molecule has 0 bridgehead atoms. The number of hydrogen-bond donors (Lipinski definition) is 1. The Morgan fingerprint density at radius 2 is 1.81 bits per heavy atom. The van der Waals surface area contributed by atoms with E-state index in [0.717, 1.165) is 16.8 Å². The molecule has 0 aliphatic carbocycles. The van der Waals surface area contributed by atoms with Crippen LogP contribution in [0.2, 0.25) is 5.02 Å². The number of nitrogens with one attached hydrogen (secondary N) is 1. The van der Waals surface area contributed by atoms with Gasteiger partial charge < -0.3 is 5.32 Å². The minimum absolute atomic E-state index is 0.111. The molecule has 1 N–H and O–H groups in total. The number of amidine groups is 1. The first-order valence-electron chi connectivity index (χ1n) is 8.39. The van der Waals surface area contributed by atoms with Gasteiger partial charge in [0.1, 0.15) is 0 Å². The Morgan fingerprint density at radius 1 is 1.12 bits per heavy atom. The molecular weight excluding hydrogens is 364 g/mol. The van der Waals surface area contributed by atoms with Gasteiger partial charge in [0.15, 0.2) is 5.17 Å². The first kappa shape index (κ1) is 18.7. The van der Waals surface area contributed by atoms with Crippen LogP contribution in [-0.4, -0.2) is 11.1 Å². The van der Waals surface area contributed by atoms with Gasteiger partial charge in [0.05, 0.1) is 10.6 Å². The van der Waals surface area contributed by atoms with Crippen LogP contribution in [-0.2, 0) is 10.2 Å². The number of aliphatic imine (C=N–C) groups is 1. The first-order valence-corrected chi connectivity index (χ1v) is 9.59. The maximum atomic E-state index is 12.3. The molecule has 2 aromatic carbocycles. The second-order valence-electron chi connectivity index (χ2n) is 7.24. The zero-order chi connectivity index (χ0) is 18.9. The molecule has 0 atom stereocenters. The Balaban J connectivity index is 1.82. The quantitative estimate of drug-likeness (QED) is 0.661. The van der Waals surface area contributed by atoms with Crippen molar-refractivity contribution in [1.82, 2.24) is 5.32 Å². The summed E-state index contributed by atoms with van der Waals surface area (Å²) >= 11 is 7.47. The molecule has 3 rings (SSSR count). The number of hydrogen-bond acceptors (Lipinski definition) is 3. The van der Waals surface area contributed by atoms with Crippen LogP contribution in [0.4, 0.5) is 5.69 Å². The molecule has 1 heterocycles. The van der Waals surface area contributed by atoms with Gasteiger partial charge in [0, 0.05) is 5.02 Å². The van der Waals surface area contributed by atoms with E-state index in [1.165, 1.54) is 17.3 Å². The number of amides is 1. The average Bonchev–Trinajstić information content (AvgIpc) is 2.91. The van der Waals surface area contributed by atoms with E-state index in [1.54, 1.807) is 0 Å². The van der Waals surface area contributed by atoms with Crippen LogP contribution in [0, 0.1) is 6.92 Å². The highest BCUT2D eigenvalue weighted by molar-refractivity contribution is 8.18. The lowest BCUT2D eigenvalue weighted by Crippen LogP contribution is -2.19. The minimum Gasteiger partial charge on any atom is -0.300 e. The summed E-state index contributed by atoms with van der Waals surface area (Å²) in [6.07, 6.45) is 1.89. The number of thioether (sulfide) groups is 1. The molecule has 0 unspecified atom stereocenters. The Hall–Kier alpha value is -2.04. The van der Waals surface area contributed by atoms with E-state index in [9.17, 15) is 4.79 Å². The Labute approximate surface area is 163 Å². The van der Waals surface area contributed by atoms with Crippen molar-refractivity contribution in [1.29, 1.82) is 0 Å². The molecule has 5 heteroatoms. The number of benzene rings is 2. The van der Waals surface area contributed by atoms with Gasteiger partial charge in [-0.25, -0.2) is 4.99 Å². The van der Waals surface area contributed by atoms with E-state index in [-0.39, 0.29) is 11.3 Å². The molecule has 26 heavy (non-hydrogen) atoms. The summed E-state index contributed by atoms with van der Waals surface area (Å²) in [7, 11) is 0. The van der Waals surface area contributed by atoms with Crippen molar-refractivity contribution in [2.24, 2.45) is 4.99 Å². The largest absolute Gasteiger partial charge is 0.300 e. The van der Waals surface area contributed by atoms with Gasteiger partial charge in [0.2, 0.25) is 0 Å². The average molecular weight is 385 g/mol. The number of carbonyl (C=O) groups is 1. The summed E-state index contributed by atoms with van der Waals surface area (Å²) in [6, 6.07) is 13.9. The molecule has 3 nitrogen and oxygen atoms in total. The van der Waals surface area contributed by atoms with Crippen LogP contribution in [0.15, 0.2) is 52.4 Å². The molecule has 0 radical (unpaired) electrons. The minimum atomic E-state index is -0.131. The van der Waals surface area contributed by atoms with Crippen LogP contribution in [0.25, 0.3) is 6.08 Å². The van der Waals surface area contributed by atoms with Crippen LogP contribution in [0.5, 0.6) is 0 Å². The Morgan fingerprint density at radius 3 is 2.46 bits per heavy atom. The molecule has 1 aliphatic rings. The summed E-state index contributed by atoms with van der Waals surface area (Å²) in [5, 5.41) is 4.05. The highest BCUT2D eigenvalue weighted by Crippen LogP contribution is 2.31. The fourth-order valence-corrected chi connectivity index (χ4v) is 3.54. The summed E-state index contributed by atoms with van der Waals surface area (Å²) in [4.78, 5) is 17.4. The lowest BCUT2D eigenvalue weighted by molar-refractivity contribution is -0.115. The van der Waals surface area contributed by atoms with Crippen molar-refractivity contribution in [3.8, 4) is 0 Å². The molecule has 1 saturated heterocycles. The Bertz CT molecular complexity index is 909. The smallest absolute Gasteiger partial charge is 0.264 e. The predicted octanol–water partition coefficient (Wildman–Crippen LogP) is 5.84. The normalized spacial score (nSPS) is 17.8. The zero-order valence-electron chi connectivity index (χ0n) is 15.3. The topological polar surface area (TPSA) is 41.5 Å². The molecule has 2 aromatic rings. The van der Waals surface area contributed by atoms with Crippen LogP contribution >= 0.6 is 23.4 Å². The van der Waals surface area contributed by atoms with Gasteiger partial charge in [-0.15, -0.1) is 0 Å². The second kappa shape index (κ2) is 7.29. The summed E-state index contributed by atoms with van der Waals surface area (Å²) in [5.41, 5.74) is 4.03. The molecule has 1 fully saturated rings. The van der Waals surface area contributed by atoms with Crippen molar-refractivity contribution in [3.05, 3.63) is 69.1 Å². The molecule has 134 valence electrons. The maximum Gasteiger partial charge on any atom is 0.264 e. The lowest BCUT2D eigenvalue weighted by Gasteiger charge is -2.18. The fraction of sp³-hybridized carbons (Fsp3) is 0.238. The van der Waals surface area contributed by atoms with E-state index in [0.29, 0.717) is 15.1 Å². The zero-order valence-corrected chi connectivity index (χ0v) is 16.8. The third kappa shape index (κ3) is 4.19. The van der Waals surface area contributed by atoms with Crippen molar-refractivity contribution in [2.75, 3.05) is 0 Å². The van der Waals surface area contributed by atoms with E-state index < -0.39 is 0 Å². The molecule has 0 aromatic heterocycles. The number of nitrogens with zero attached hydrogens (tertiary/aromatic N) is 1. The van der Waals surface area contributed by atoms with E-state index in [2.05, 4.69) is 43.2 Å².